The Bertz CT molecular complexity index is 1660. The number of carbonyl (C=O) groups excluding carboxylic acids is 5. The van der Waals surface area contributed by atoms with Crippen LogP contribution in [-0.4, -0.2) is 73.0 Å². The molecule has 0 fully saturated rings. The number of ether oxygens (including phenoxy) is 1. The number of sulfone groups is 1. The lowest BCUT2D eigenvalue weighted by atomic mass is 9.97. The lowest BCUT2D eigenvalue weighted by Crippen LogP contribution is -2.54. The number of nitrogens with two attached hydrogens (primary N) is 1. The number of hydrogen-bond acceptors (Lipinski definition) is 10. The quantitative estimate of drug-likeness (QED) is 0.0737. The van der Waals surface area contributed by atoms with Gasteiger partial charge in [0.25, 0.3) is 0 Å². The van der Waals surface area contributed by atoms with Gasteiger partial charge in [-0.3, -0.25) is 19.2 Å². The van der Waals surface area contributed by atoms with Gasteiger partial charge in [-0.05, 0) is 63.6 Å². The van der Waals surface area contributed by atoms with Gasteiger partial charge in [0.1, 0.15) is 18.7 Å². The summed E-state index contributed by atoms with van der Waals surface area (Å²) in [4.78, 5) is 70.2. The van der Waals surface area contributed by atoms with E-state index in [-0.39, 0.29) is 48.9 Å². The molecule has 2 rings (SSSR count). The van der Waals surface area contributed by atoms with Crippen LogP contribution in [0.3, 0.4) is 0 Å². The first-order valence-electron chi connectivity index (χ1n) is 16.1. The predicted octanol–water partition coefficient (Wildman–Crippen LogP) is 2.20. The normalized spacial score (nSPS) is 12.5. The van der Waals surface area contributed by atoms with Gasteiger partial charge in [0.05, 0.1) is 11.0 Å². The molecule has 0 aliphatic heterocycles. The van der Waals surface area contributed by atoms with Crippen LogP contribution in [0.4, 0.5) is 10.5 Å². The summed E-state index contributed by atoms with van der Waals surface area (Å²) in [5.74, 6) is 3.62. The predicted molar refractivity (Wildman–Crippen MR) is 186 cm³/mol. The van der Waals surface area contributed by atoms with E-state index in [1.54, 1.807) is 58.9 Å². The first-order chi connectivity index (χ1) is 23.4. The van der Waals surface area contributed by atoms with Crippen LogP contribution in [0, 0.1) is 23.2 Å². The van der Waals surface area contributed by atoms with Crippen molar-refractivity contribution in [3.8, 4) is 11.8 Å². The van der Waals surface area contributed by atoms with E-state index in [2.05, 4.69) is 43.1 Å². The molecular weight excluding hydrogens is 666 g/mol. The van der Waals surface area contributed by atoms with Crippen LogP contribution in [0.2, 0.25) is 0 Å². The molecule has 2 aromatic rings. The van der Waals surface area contributed by atoms with Crippen LogP contribution < -0.4 is 27.0 Å². The zero-order valence-corrected chi connectivity index (χ0v) is 30.1. The van der Waals surface area contributed by atoms with E-state index in [1.807, 2.05) is 0 Å². The smallest absolute Gasteiger partial charge is 0.312 e. The fourth-order valence-electron chi connectivity index (χ4n) is 4.18. The molecule has 6 N–H and O–H groups in total. The zero-order chi connectivity index (χ0) is 37.5. The largest absolute Gasteiger partial charge is 0.460 e. The molecule has 0 spiro atoms. The van der Waals surface area contributed by atoms with E-state index < -0.39 is 45.2 Å². The molecule has 272 valence electrons. The Labute approximate surface area is 293 Å². The van der Waals surface area contributed by atoms with E-state index in [4.69, 9.17) is 10.5 Å². The molecule has 1 aromatic heterocycles. The maximum absolute atomic E-state index is 13.4. The van der Waals surface area contributed by atoms with Crippen molar-refractivity contribution in [1.29, 1.82) is 0 Å². The lowest BCUT2D eigenvalue weighted by Gasteiger charge is -2.25. The minimum Gasteiger partial charge on any atom is -0.460 e. The molecule has 0 unspecified atom stereocenters. The van der Waals surface area contributed by atoms with Crippen LogP contribution in [0.1, 0.15) is 77.8 Å². The van der Waals surface area contributed by atoms with Crippen molar-refractivity contribution in [3.63, 3.8) is 0 Å². The van der Waals surface area contributed by atoms with Gasteiger partial charge in [-0.1, -0.05) is 37.8 Å². The number of amides is 5. The number of nitrogens with one attached hydrogen (secondary N) is 4. The molecule has 15 nitrogen and oxygen atoms in total. The molecule has 0 saturated heterocycles. The van der Waals surface area contributed by atoms with E-state index in [9.17, 15) is 32.4 Å². The van der Waals surface area contributed by atoms with Gasteiger partial charge in [0.2, 0.25) is 32.7 Å². The number of hydrogen-bond donors (Lipinski definition) is 5. The van der Waals surface area contributed by atoms with Gasteiger partial charge in [-0.25, -0.2) is 23.2 Å². The summed E-state index contributed by atoms with van der Waals surface area (Å²) in [5.41, 5.74) is 6.11. The van der Waals surface area contributed by atoms with Crippen LogP contribution >= 0.6 is 0 Å². The van der Waals surface area contributed by atoms with Crippen molar-refractivity contribution in [2.75, 3.05) is 18.1 Å². The summed E-state index contributed by atoms with van der Waals surface area (Å²) < 4.78 is 28.3. The van der Waals surface area contributed by atoms with Crippen LogP contribution in [0.5, 0.6) is 0 Å². The molecule has 1 heterocycles. The number of carbonyl (C=O) groups is 5. The average molecular weight is 714 g/mol. The second-order valence-electron chi connectivity index (χ2n) is 13.0. The van der Waals surface area contributed by atoms with Gasteiger partial charge in [0.15, 0.2) is 0 Å². The Balaban J connectivity index is 1.99. The third kappa shape index (κ3) is 15.0. The van der Waals surface area contributed by atoms with Crippen molar-refractivity contribution in [1.82, 2.24) is 25.9 Å². The number of benzene rings is 1. The lowest BCUT2D eigenvalue weighted by molar-refractivity contribution is -0.154. The molecule has 0 aliphatic carbocycles. The Morgan fingerprint density at radius 2 is 1.60 bits per heavy atom. The van der Waals surface area contributed by atoms with E-state index in [1.165, 1.54) is 12.4 Å². The molecule has 50 heavy (non-hydrogen) atoms. The number of anilines is 1. The summed E-state index contributed by atoms with van der Waals surface area (Å²) in [6.45, 7) is 9.06. The van der Waals surface area contributed by atoms with Crippen molar-refractivity contribution < 1.29 is 37.1 Å². The van der Waals surface area contributed by atoms with Crippen molar-refractivity contribution in [3.05, 3.63) is 47.8 Å². The van der Waals surface area contributed by atoms with Gasteiger partial charge in [-0.2, -0.15) is 0 Å². The average Bonchev–Trinajstić information content (AvgIpc) is 3.03. The number of primary amides is 1. The minimum absolute atomic E-state index is 0.0738. The fourth-order valence-corrected chi connectivity index (χ4v) is 4.67. The maximum atomic E-state index is 13.4. The number of esters is 1. The maximum Gasteiger partial charge on any atom is 0.312 e. The molecule has 5 amide bonds. The van der Waals surface area contributed by atoms with Crippen LogP contribution in [0.25, 0.3) is 0 Å². The molecule has 0 saturated carbocycles. The highest BCUT2D eigenvalue weighted by Crippen LogP contribution is 2.18. The Morgan fingerprint density at radius 1 is 0.960 bits per heavy atom. The molecule has 0 radical (unpaired) electrons. The number of urea groups is 1. The van der Waals surface area contributed by atoms with Gasteiger partial charge >= 0.3 is 12.0 Å². The summed E-state index contributed by atoms with van der Waals surface area (Å²) in [7, 11) is -3.51. The number of aromatic nitrogens is 2. The molecule has 0 bridgehead atoms. The second kappa shape index (κ2) is 19.2. The number of rotatable bonds is 16. The summed E-state index contributed by atoms with van der Waals surface area (Å²) >= 11 is 0. The number of unbranched alkanes of at least 4 members (excludes halogenated alkanes) is 1. The summed E-state index contributed by atoms with van der Waals surface area (Å²) in [6, 6.07) is 4.05. The standard InChI is InChI=1S/C34H47N7O8S/c1-22(2)28(41-27(42)13-9-7-8-11-24-19-37-33(38-20-24)50(6,47)48)30(44)40-26(12-10-18-36-32(35)46)29(43)39-25-16-14-23(15-17-25)21-49-31(45)34(3,4)5/h14-17,19-20,22,26,28H,7,9-10,12-13,18,21H2,1-6H3,(H,39,43)(H,40,44)(H,41,42)(H3,35,36,46)/t26-,28-/m0/s1. The molecule has 0 aliphatic rings. The summed E-state index contributed by atoms with van der Waals surface area (Å²) in [6.07, 6.45) is 4.94. The van der Waals surface area contributed by atoms with Crippen LogP contribution in [-0.2, 0) is 40.4 Å². The van der Waals surface area contributed by atoms with Crippen molar-refractivity contribution in [2.24, 2.45) is 17.1 Å². The highest BCUT2D eigenvalue weighted by molar-refractivity contribution is 7.90. The fraction of sp³-hybridized carbons (Fsp3) is 0.500. The van der Waals surface area contributed by atoms with Crippen molar-refractivity contribution >= 4 is 45.2 Å². The SMILES string of the molecule is CC(C)[C@H](NC(=O)CCCC#Cc1cnc(S(C)(=O)=O)nc1)C(=O)N[C@@H](CCCNC(N)=O)C(=O)Nc1ccc(COC(=O)C(C)(C)C)cc1. The number of nitrogens with zero attached hydrogens (tertiary/aromatic N) is 2. The van der Waals surface area contributed by atoms with Gasteiger partial charge in [-0.15, -0.1) is 0 Å². The molecular formula is C34H47N7O8S. The van der Waals surface area contributed by atoms with Crippen LogP contribution in [0.15, 0.2) is 41.8 Å². The Morgan fingerprint density at radius 3 is 2.16 bits per heavy atom. The second-order valence-corrected chi connectivity index (χ2v) is 14.9. The van der Waals surface area contributed by atoms with Gasteiger partial charge in [0, 0.05) is 43.7 Å². The monoisotopic (exact) mass is 713 g/mol. The highest BCUT2D eigenvalue weighted by atomic mass is 32.2. The van der Waals surface area contributed by atoms with Gasteiger partial charge < -0.3 is 31.7 Å². The van der Waals surface area contributed by atoms with Crippen molar-refractivity contribution in [2.45, 2.75) is 90.6 Å². The first kappa shape index (κ1) is 41.1. The minimum atomic E-state index is -3.51. The van der Waals surface area contributed by atoms with E-state index in [0.29, 0.717) is 30.5 Å². The zero-order valence-electron chi connectivity index (χ0n) is 29.3. The Hall–Kier alpha value is -5.04. The Kier molecular flexibility index (Phi) is 15.8. The van der Waals surface area contributed by atoms with E-state index in [0.717, 1.165) is 11.8 Å². The van der Waals surface area contributed by atoms with E-state index >= 15 is 0 Å². The molecule has 2 atom stereocenters. The summed E-state index contributed by atoms with van der Waals surface area (Å²) in [5, 5.41) is 10.4. The molecule has 16 heteroatoms. The highest BCUT2D eigenvalue weighted by Gasteiger charge is 2.29. The topological polar surface area (TPSA) is 229 Å². The third-order valence-electron chi connectivity index (χ3n) is 6.97. The molecule has 1 aromatic carbocycles. The third-order valence-corrected chi connectivity index (χ3v) is 7.84. The first-order valence-corrected chi connectivity index (χ1v) is 18.0.